The fourth-order valence-corrected chi connectivity index (χ4v) is 4.29. The highest BCUT2D eigenvalue weighted by atomic mass is 32.1. The van der Waals surface area contributed by atoms with Crippen molar-refractivity contribution in [3.8, 4) is 5.13 Å². The lowest BCUT2D eigenvalue weighted by atomic mass is 9.85. The van der Waals surface area contributed by atoms with Crippen LogP contribution in [0.3, 0.4) is 0 Å². The standard InChI is InChI=1S/C21H20N4O2S/c1-3-6-14-11-18(26)24-17-12-15(7-8-16(14)17)23-20(27)19-13(2)22-21(28-19)25-9-4-5-10-25/h4-5,7-12,16H,3,6H2,1-2H3,(H,24,26). The van der Waals surface area contributed by atoms with E-state index in [9.17, 15) is 9.59 Å². The van der Waals surface area contributed by atoms with Crippen molar-refractivity contribution in [3.63, 3.8) is 0 Å². The second kappa shape index (κ2) is 7.52. The second-order valence-electron chi connectivity index (χ2n) is 6.74. The Bertz CT molecular complexity index is 1050. The molecule has 2 aromatic rings. The van der Waals surface area contributed by atoms with Crippen LogP contribution in [0.2, 0.25) is 0 Å². The Balaban J connectivity index is 1.59. The molecule has 1 atom stereocenters. The van der Waals surface area contributed by atoms with E-state index in [0.29, 0.717) is 16.3 Å². The van der Waals surface area contributed by atoms with Gasteiger partial charge in [0.25, 0.3) is 5.91 Å². The van der Waals surface area contributed by atoms with E-state index in [1.54, 1.807) is 12.2 Å². The van der Waals surface area contributed by atoms with Gasteiger partial charge >= 0.3 is 0 Å². The van der Waals surface area contributed by atoms with Crippen LogP contribution in [0.4, 0.5) is 0 Å². The SMILES string of the molecule is CCCC1=CC(=O)NC2=CC(=NC(=O)c3sc(-n4cccc4)nc3C)C=CC12. The molecule has 3 heterocycles. The topological polar surface area (TPSA) is 76.3 Å². The maximum atomic E-state index is 12.7. The molecule has 28 heavy (non-hydrogen) atoms. The number of nitrogens with zero attached hydrogens (tertiary/aromatic N) is 3. The van der Waals surface area contributed by atoms with Crippen molar-refractivity contribution < 1.29 is 9.59 Å². The molecule has 4 rings (SSSR count). The number of allylic oxidation sites excluding steroid dienone is 3. The molecular formula is C21H20N4O2S. The van der Waals surface area contributed by atoms with Crippen LogP contribution in [-0.4, -0.2) is 27.1 Å². The molecule has 7 heteroatoms. The summed E-state index contributed by atoms with van der Waals surface area (Å²) in [5, 5.41) is 3.61. The number of thiazole rings is 1. The Morgan fingerprint density at radius 2 is 2.11 bits per heavy atom. The van der Waals surface area contributed by atoms with Crippen LogP contribution in [0.5, 0.6) is 0 Å². The first-order chi connectivity index (χ1) is 13.5. The molecule has 2 aromatic heterocycles. The summed E-state index contributed by atoms with van der Waals surface area (Å²) in [5.74, 6) is -0.395. The van der Waals surface area contributed by atoms with Crippen molar-refractivity contribution in [2.45, 2.75) is 26.7 Å². The molecule has 1 aliphatic heterocycles. The van der Waals surface area contributed by atoms with Crippen molar-refractivity contribution in [2.75, 3.05) is 0 Å². The van der Waals surface area contributed by atoms with E-state index in [0.717, 1.165) is 29.2 Å². The van der Waals surface area contributed by atoms with E-state index in [4.69, 9.17) is 0 Å². The van der Waals surface area contributed by atoms with E-state index < -0.39 is 0 Å². The predicted octanol–water partition coefficient (Wildman–Crippen LogP) is 3.75. The first kappa shape index (κ1) is 18.3. The number of carbonyl (C=O) groups excluding carboxylic acids is 2. The minimum Gasteiger partial charge on any atom is -0.325 e. The number of amides is 2. The zero-order chi connectivity index (χ0) is 19.7. The second-order valence-corrected chi connectivity index (χ2v) is 7.72. The van der Waals surface area contributed by atoms with Crippen molar-refractivity contribution >= 4 is 28.9 Å². The minimum absolute atomic E-state index is 0.0530. The monoisotopic (exact) mass is 392 g/mol. The highest BCUT2D eigenvalue weighted by Crippen LogP contribution is 2.30. The number of hydrogen-bond donors (Lipinski definition) is 1. The van der Waals surface area contributed by atoms with Gasteiger partial charge in [-0.2, -0.15) is 0 Å². The molecule has 2 aliphatic rings. The van der Waals surface area contributed by atoms with E-state index in [2.05, 4.69) is 22.2 Å². The zero-order valence-electron chi connectivity index (χ0n) is 15.7. The molecule has 0 aromatic carbocycles. The van der Waals surface area contributed by atoms with Crippen molar-refractivity contribution in [3.05, 3.63) is 70.7 Å². The van der Waals surface area contributed by atoms with Crippen LogP contribution < -0.4 is 5.32 Å². The average molecular weight is 392 g/mol. The van der Waals surface area contributed by atoms with Gasteiger partial charge in [-0.15, -0.1) is 0 Å². The van der Waals surface area contributed by atoms with Crippen LogP contribution in [-0.2, 0) is 4.79 Å². The third-order valence-corrected chi connectivity index (χ3v) is 5.81. The molecule has 1 unspecified atom stereocenters. The smallest absolute Gasteiger partial charge is 0.289 e. The number of fused-ring (bicyclic) bond motifs is 1. The largest absolute Gasteiger partial charge is 0.325 e. The third kappa shape index (κ3) is 3.53. The first-order valence-corrected chi connectivity index (χ1v) is 10.0. The van der Waals surface area contributed by atoms with E-state index >= 15 is 0 Å². The van der Waals surface area contributed by atoms with Gasteiger partial charge in [-0.05, 0) is 37.6 Å². The van der Waals surface area contributed by atoms with Gasteiger partial charge in [-0.1, -0.05) is 36.3 Å². The van der Waals surface area contributed by atoms with Gasteiger partial charge in [0.2, 0.25) is 5.91 Å². The molecule has 0 spiro atoms. The van der Waals surface area contributed by atoms with Gasteiger partial charge in [-0.3, -0.25) is 9.59 Å². The molecule has 142 valence electrons. The molecule has 2 amide bonds. The summed E-state index contributed by atoms with van der Waals surface area (Å²) in [6.45, 7) is 3.90. The normalized spacial score (nSPS) is 19.9. The van der Waals surface area contributed by atoms with Crippen LogP contribution >= 0.6 is 11.3 Å². The summed E-state index contributed by atoms with van der Waals surface area (Å²) in [5.41, 5.74) is 3.06. The van der Waals surface area contributed by atoms with E-state index in [1.807, 2.05) is 48.2 Å². The number of aromatic nitrogens is 2. The Morgan fingerprint density at radius 3 is 2.86 bits per heavy atom. The Labute approximate surface area is 167 Å². The Kier molecular flexibility index (Phi) is 4.92. The Morgan fingerprint density at radius 1 is 1.32 bits per heavy atom. The fourth-order valence-electron chi connectivity index (χ4n) is 3.38. The summed E-state index contributed by atoms with van der Waals surface area (Å²) in [4.78, 5) is 33.9. The average Bonchev–Trinajstić information content (AvgIpc) is 3.31. The number of rotatable bonds is 4. The molecule has 0 saturated carbocycles. The summed E-state index contributed by atoms with van der Waals surface area (Å²) in [6.07, 6.45) is 12.9. The molecule has 1 N–H and O–H groups in total. The maximum Gasteiger partial charge on any atom is 0.289 e. The molecular weight excluding hydrogens is 372 g/mol. The molecule has 0 saturated heterocycles. The molecule has 6 nitrogen and oxygen atoms in total. The number of aliphatic imine (C=N–C) groups is 1. The minimum atomic E-state index is -0.324. The first-order valence-electron chi connectivity index (χ1n) is 9.20. The maximum absolute atomic E-state index is 12.7. The number of hydrogen-bond acceptors (Lipinski definition) is 4. The molecule has 0 fully saturated rings. The number of aryl methyl sites for hydroxylation is 1. The highest BCUT2D eigenvalue weighted by molar-refractivity contribution is 7.16. The van der Waals surface area contributed by atoms with Gasteiger partial charge in [0.15, 0.2) is 5.13 Å². The lowest BCUT2D eigenvalue weighted by molar-refractivity contribution is -0.116. The molecule has 1 aliphatic carbocycles. The van der Waals surface area contributed by atoms with Crippen molar-refractivity contribution in [1.29, 1.82) is 0 Å². The van der Waals surface area contributed by atoms with Gasteiger partial charge in [0, 0.05) is 30.1 Å². The van der Waals surface area contributed by atoms with Gasteiger partial charge in [0.1, 0.15) is 4.88 Å². The summed E-state index contributed by atoms with van der Waals surface area (Å²) in [6, 6.07) is 3.82. The summed E-state index contributed by atoms with van der Waals surface area (Å²) in [7, 11) is 0. The van der Waals surface area contributed by atoms with Crippen LogP contribution in [0.25, 0.3) is 5.13 Å². The third-order valence-electron chi connectivity index (χ3n) is 4.66. The summed E-state index contributed by atoms with van der Waals surface area (Å²) >= 11 is 1.32. The van der Waals surface area contributed by atoms with Crippen molar-refractivity contribution in [1.82, 2.24) is 14.9 Å². The van der Waals surface area contributed by atoms with Crippen LogP contribution in [0.1, 0.15) is 35.1 Å². The van der Waals surface area contributed by atoms with Crippen LogP contribution in [0, 0.1) is 12.8 Å². The number of nitrogens with one attached hydrogen (secondary N) is 1. The van der Waals surface area contributed by atoms with Crippen molar-refractivity contribution in [2.24, 2.45) is 10.9 Å². The predicted molar refractivity (Wildman–Crippen MR) is 110 cm³/mol. The Hall–Kier alpha value is -3.06. The van der Waals surface area contributed by atoms with Gasteiger partial charge in [-0.25, -0.2) is 9.98 Å². The lowest BCUT2D eigenvalue weighted by Gasteiger charge is -2.27. The molecule has 0 bridgehead atoms. The van der Waals surface area contributed by atoms with Gasteiger partial charge in [0.05, 0.1) is 11.4 Å². The van der Waals surface area contributed by atoms with E-state index in [-0.39, 0.29) is 17.7 Å². The lowest BCUT2D eigenvalue weighted by Crippen LogP contribution is -2.33. The quantitative estimate of drug-likeness (QED) is 0.861. The summed E-state index contributed by atoms with van der Waals surface area (Å²) < 4.78 is 1.87. The zero-order valence-corrected chi connectivity index (χ0v) is 16.5. The van der Waals surface area contributed by atoms with Gasteiger partial charge < -0.3 is 9.88 Å². The fraction of sp³-hybridized carbons (Fsp3) is 0.238. The van der Waals surface area contributed by atoms with Crippen LogP contribution in [0.15, 0.2) is 65.1 Å². The van der Waals surface area contributed by atoms with E-state index in [1.165, 1.54) is 11.3 Å². The molecule has 0 radical (unpaired) electrons. The highest BCUT2D eigenvalue weighted by Gasteiger charge is 2.26. The number of carbonyl (C=O) groups is 2.